The van der Waals surface area contributed by atoms with Gasteiger partial charge < -0.3 is 15.8 Å². The van der Waals surface area contributed by atoms with E-state index in [4.69, 9.17) is 10.5 Å². The molecule has 1 atom stereocenters. The molecule has 6 heteroatoms. The summed E-state index contributed by atoms with van der Waals surface area (Å²) < 4.78 is 6.00. The Labute approximate surface area is 115 Å². The second-order valence-electron chi connectivity index (χ2n) is 4.89. The SMILES string of the molecule is CC(C)(C)OC(=O)NCC(N)c1ccc(Br)cn1. The Morgan fingerprint density at radius 3 is 2.72 bits per heavy atom. The van der Waals surface area contributed by atoms with E-state index in [2.05, 4.69) is 26.2 Å². The predicted molar refractivity (Wildman–Crippen MR) is 73.1 cm³/mol. The average Bonchev–Trinajstić information content (AvgIpc) is 2.24. The summed E-state index contributed by atoms with van der Waals surface area (Å²) in [5.74, 6) is 0. The summed E-state index contributed by atoms with van der Waals surface area (Å²) >= 11 is 3.30. The molecule has 100 valence electrons. The normalized spacial score (nSPS) is 12.9. The molecule has 0 bridgehead atoms. The number of aromatic nitrogens is 1. The minimum absolute atomic E-state index is 0.281. The van der Waals surface area contributed by atoms with Gasteiger partial charge in [0.25, 0.3) is 0 Å². The first-order valence-corrected chi connectivity index (χ1v) is 6.41. The summed E-state index contributed by atoms with van der Waals surface area (Å²) in [6.07, 6.45) is 1.19. The summed E-state index contributed by atoms with van der Waals surface area (Å²) in [5, 5.41) is 2.61. The molecule has 1 heterocycles. The Bertz CT molecular complexity index is 401. The van der Waals surface area contributed by atoms with Crippen molar-refractivity contribution in [1.29, 1.82) is 0 Å². The maximum atomic E-state index is 11.4. The molecule has 3 N–H and O–H groups in total. The van der Waals surface area contributed by atoms with Crippen molar-refractivity contribution in [3.05, 3.63) is 28.5 Å². The van der Waals surface area contributed by atoms with E-state index in [9.17, 15) is 4.79 Å². The van der Waals surface area contributed by atoms with E-state index in [0.717, 1.165) is 4.47 Å². The Kier molecular flexibility index (Phi) is 5.10. The van der Waals surface area contributed by atoms with Gasteiger partial charge in [0.15, 0.2) is 0 Å². The van der Waals surface area contributed by atoms with Crippen LogP contribution in [0.5, 0.6) is 0 Å². The van der Waals surface area contributed by atoms with E-state index in [1.54, 1.807) is 6.20 Å². The van der Waals surface area contributed by atoms with Crippen LogP contribution in [0, 0.1) is 0 Å². The van der Waals surface area contributed by atoms with Gasteiger partial charge in [-0.05, 0) is 48.8 Å². The number of carbonyl (C=O) groups is 1. The van der Waals surface area contributed by atoms with Gasteiger partial charge >= 0.3 is 6.09 Å². The molecular weight excluding hydrogens is 298 g/mol. The van der Waals surface area contributed by atoms with Crippen LogP contribution in [0.25, 0.3) is 0 Å². The van der Waals surface area contributed by atoms with Crippen LogP contribution in [-0.4, -0.2) is 23.2 Å². The zero-order valence-corrected chi connectivity index (χ0v) is 12.3. The predicted octanol–water partition coefficient (Wildman–Crippen LogP) is 2.37. The zero-order valence-electron chi connectivity index (χ0n) is 10.7. The van der Waals surface area contributed by atoms with Gasteiger partial charge in [0, 0.05) is 17.2 Å². The molecule has 0 radical (unpaired) electrons. The maximum Gasteiger partial charge on any atom is 0.407 e. The molecule has 0 fully saturated rings. The molecule has 0 spiro atoms. The minimum atomic E-state index is -0.510. The first kappa shape index (κ1) is 14.9. The third-order valence-corrected chi connectivity index (χ3v) is 2.46. The Morgan fingerprint density at radius 1 is 1.56 bits per heavy atom. The highest BCUT2D eigenvalue weighted by Gasteiger charge is 2.17. The van der Waals surface area contributed by atoms with Crippen LogP contribution >= 0.6 is 15.9 Å². The highest BCUT2D eigenvalue weighted by molar-refractivity contribution is 9.10. The fourth-order valence-corrected chi connectivity index (χ4v) is 1.45. The minimum Gasteiger partial charge on any atom is -0.444 e. The number of alkyl carbamates (subject to hydrolysis) is 1. The van der Waals surface area contributed by atoms with Crippen molar-refractivity contribution in [1.82, 2.24) is 10.3 Å². The maximum absolute atomic E-state index is 11.4. The Hall–Kier alpha value is -1.14. The number of nitrogens with zero attached hydrogens (tertiary/aromatic N) is 1. The van der Waals surface area contributed by atoms with Crippen LogP contribution < -0.4 is 11.1 Å². The lowest BCUT2D eigenvalue weighted by atomic mass is 10.2. The summed E-state index contributed by atoms with van der Waals surface area (Å²) in [7, 11) is 0. The smallest absolute Gasteiger partial charge is 0.407 e. The zero-order chi connectivity index (χ0) is 13.8. The van der Waals surface area contributed by atoms with Crippen LogP contribution in [0.1, 0.15) is 32.5 Å². The summed E-state index contributed by atoms with van der Waals surface area (Å²) in [5.41, 5.74) is 6.12. The monoisotopic (exact) mass is 315 g/mol. The van der Waals surface area contributed by atoms with Crippen LogP contribution in [0.2, 0.25) is 0 Å². The van der Waals surface area contributed by atoms with Crippen LogP contribution in [-0.2, 0) is 4.74 Å². The van der Waals surface area contributed by atoms with Crippen molar-refractivity contribution in [2.24, 2.45) is 5.73 Å². The number of nitrogens with one attached hydrogen (secondary N) is 1. The molecule has 1 aromatic rings. The van der Waals surface area contributed by atoms with Crippen LogP contribution in [0.15, 0.2) is 22.8 Å². The van der Waals surface area contributed by atoms with Crippen molar-refractivity contribution in [3.8, 4) is 0 Å². The standard InChI is InChI=1S/C12H18BrN3O2/c1-12(2,3)18-11(17)16-7-9(14)10-5-4-8(13)6-15-10/h4-6,9H,7,14H2,1-3H3,(H,16,17). The molecule has 1 rings (SSSR count). The summed E-state index contributed by atoms with van der Waals surface area (Å²) in [4.78, 5) is 15.6. The van der Waals surface area contributed by atoms with Gasteiger partial charge in [-0.25, -0.2) is 4.79 Å². The number of rotatable bonds is 3. The average molecular weight is 316 g/mol. The van der Waals surface area contributed by atoms with E-state index < -0.39 is 11.7 Å². The number of pyridine rings is 1. The van der Waals surface area contributed by atoms with Crippen molar-refractivity contribution in [2.75, 3.05) is 6.54 Å². The van der Waals surface area contributed by atoms with Gasteiger partial charge in [0.05, 0.1) is 11.7 Å². The van der Waals surface area contributed by atoms with E-state index >= 15 is 0 Å². The fourth-order valence-electron chi connectivity index (χ4n) is 1.22. The van der Waals surface area contributed by atoms with E-state index in [0.29, 0.717) is 5.69 Å². The number of ether oxygens (including phenoxy) is 1. The summed E-state index contributed by atoms with van der Waals surface area (Å²) in [6.45, 7) is 5.71. The topological polar surface area (TPSA) is 77.2 Å². The quantitative estimate of drug-likeness (QED) is 0.897. The molecule has 1 unspecified atom stereocenters. The number of hydrogen-bond donors (Lipinski definition) is 2. The molecule has 0 saturated carbocycles. The van der Waals surface area contributed by atoms with Gasteiger partial charge in [0.2, 0.25) is 0 Å². The second kappa shape index (κ2) is 6.15. The van der Waals surface area contributed by atoms with Crippen molar-refractivity contribution in [2.45, 2.75) is 32.4 Å². The Balaban J connectivity index is 2.44. The summed E-state index contributed by atoms with van der Waals surface area (Å²) in [6, 6.07) is 3.31. The van der Waals surface area contributed by atoms with Gasteiger partial charge in [-0.15, -0.1) is 0 Å². The Morgan fingerprint density at radius 2 is 2.22 bits per heavy atom. The third kappa shape index (κ3) is 5.46. The highest BCUT2D eigenvalue weighted by atomic mass is 79.9. The molecule has 18 heavy (non-hydrogen) atoms. The molecule has 1 aromatic heterocycles. The third-order valence-electron chi connectivity index (χ3n) is 2.00. The van der Waals surface area contributed by atoms with Gasteiger partial charge in [-0.2, -0.15) is 0 Å². The van der Waals surface area contributed by atoms with E-state index in [-0.39, 0.29) is 12.6 Å². The van der Waals surface area contributed by atoms with Crippen molar-refractivity contribution in [3.63, 3.8) is 0 Å². The first-order chi connectivity index (χ1) is 8.28. The molecule has 0 aliphatic heterocycles. The molecular formula is C12H18BrN3O2. The van der Waals surface area contributed by atoms with Crippen molar-refractivity contribution < 1.29 is 9.53 Å². The van der Waals surface area contributed by atoms with Crippen LogP contribution in [0.3, 0.4) is 0 Å². The molecule has 0 aromatic carbocycles. The second-order valence-corrected chi connectivity index (χ2v) is 5.81. The fraction of sp³-hybridized carbons (Fsp3) is 0.500. The molecule has 0 aliphatic rings. The first-order valence-electron chi connectivity index (χ1n) is 5.62. The number of hydrogen-bond acceptors (Lipinski definition) is 4. The lowest BCUT2D eigenvalue weighted by Crippen LogP contribution is -2.36. The molecule has 0 saturated heterocycles. The lowest BCUT2D eigenvalue weighted by Gasteiger charge is -2.20. The van der Waals surface area contributed by atoms with E-state index in [1.165, 1.54) is 0 Å². The van der Waals surface area contributed by atoms with Crippen LogP contribution in [0.4, 0.5) is 4.79 Å². The largest absolute Gasteiger partial charge is 0.444 e. The number of nitrogens with two attached hydrogens (primary N) is 1. The van der Waals surface area contributed by atoms with E-state index in [1.807, 2.05) is 32.9 Å². The van der Waals surface area contributed by atoms with Gasteiger partial charge in [-0.3, -0.25) is 4.98 Å². The van der Waals surface area contributed by atoms with Gasteiger partial charge in [-0.1, -0.05) is 0 Å². The van der Waals surface area contributed by atoms with Gasteiger partial charge in [0.1, 0.15) is 5.60 Å². The lowest BCUT2D eigenvalue weighted by molar-refractivity contribution is 0.0524. The molecule has 1 amide bonds. The highest BCUT2D eigenvalue weighted by Crippen LogP contribution is 2.12. The number of amides is 1. The van der Waals surface area contributed by atoms with Crippen molar-refractivity contribution >= 4 is 22.0 Å². The molecule has 5 nitrogen and oxygen atoms in total. The number of halogens is 1. The number of carbonyl (C=O) groups excluding carboxylic acids is 1. The molecule has 0 aliphatic carbocycles.